The maximum absolute atomic E-state index is 13.6. The second-order valence-corrected chi connectivity index (χ2v) is 7.41. The standard InChI is InChI=1S/C20H28F4/c1-2-3-15-4-6-16(7-5-15)8-9-17-10-12-18(13-11-17)19(21)14-20(22,23)24/h14-18H,2-7,10-13H2,1H3/b19-14-. The van der Waals surface area contributed by atoms with Crippen LogP contribution in [0.1, 0.15) is 71.1 Å². The lowest BCUT2D eigenvalue weighted by Crippen LogP contribution is -2.16. The molecule has 0 unspecified atom stereocenters. The molecule has 0 radical (unpaired) electrons. The van der Waals surface area contributed by atoms with Crippen molar-refractivity contribution in [3.8, 4) is 11.8 Å². The molecule has 0 heterocycles. The highest BCUT2D eigenvalue weighted by Gasteiger charge is 2.30. The van der Waals surface area contributed by atoms with Crippen LogP contribution in [0.15, 0.2) is 11.9 Å². The van der Waals surface area contributed by atoms with Gasteiger partial charge in [-0.25, -0.2) is 4.39 Å². The van der Waals surface area contributed by atoms with Gasteiger partial charge in [0.25, 0.3) is 0 Å². The van der Waals surface area contributed by atoms with Crippen molar-refractivity contribution in [1.82, 2.24) is 0 Å². The van der Waals surface area contributed by atoms with Gasteiger partial charge in [0, 0.05) is 17.8 Å². The summed E-state index contributed by atoms with van der Waals surface area (Å²) in [5.41, 5.74) is 0. The first-order chi connectivity index (χ1) is 11.4. The Morgan fingerprint density at radius 3 is 1.88 bits per heavy atom. The molecule has 136 valence electrons. The third-order valence-corrected chi connectivity index (χ3v) is 5.45. The Kier molecular flexibility index (Phi) is 7.19. The molecule has 2 aliphatic rings. The molecular weight excluding hydrogens is 316 g/mol. The average Bonchev–Trinajstić information content (AvgIpc) is 2.53. The fourth-order valence-corrected chi connectivity index (χ4v) is 4.03. The first kappa shape index (κ1) is 19.3. The third-order valence-electron chi connectivity index (χ3n) is 5.45. The van der Waals surface area contributed by atoms with Gasteiger partial charge in [-0.2, -0.15) is 13.2 Å². The lowest BCUT2D eigenvalue weighted by molar-refractivity contribution is -0.0820. The summed E-state index contributed by atoms with van der Waals surface area (Å²) in [5, 5.41) is 0. The van der Waals surface area contributed by atoms with Crippen molar-refractivity contribution in [3.63, 3.8) is 0 Å². The van der Waals surface area contributed by atoms with Crippen LogP contribution in [0.3, 0.4) is 0 Å². The van der Waals surface area contributed by atoms with Crippen LogP contribution in [0.2, 0.25) is 0 Å². The van der Waals surface area contributed by atoms with Crippen LogP contribution in [0.4, 0.5) is 17.6 Å². The lowest BCUT2D eigenvalue weighted by atomic mass is 9.79. The van der Waals surface area contributed by atoms with Crippen molar-refractivity contribution in [2.45, 2.75) is 77.3 Å². The molecule has 0 saturated heterocycles. The Balaban J connectivity index is 1.75. The molecule has 0 aliphatic heterocycles. The van der Waals surface area contributed by atoms with Gasteiger partial charge < -0.3 is 0 Å². The zero-order chi connectivity index (χ0) is 17.6. The number of alkyl halides is 3. The van der Waals surface area contributed by atoms with E-state index in [4.69, 9.17) is 0 Å². The maximum atomic E-state index is 13.6. The Hall–Kier alpha value is -0.980. The van der Waals surface area contributed by atoms with Gasteiger partial charge >= 0.3 is 6.18 Å². The highest BCUT2D eigenvalue weighted by molar-refractivity contribution is 5.11. The van der Waals surface area contributed by atoms with Gasteiger partial charge in [0.05, 0.1) is 6.08 Å². The smallest absolute Gasteiger partial charge is 0.212 e. The summed E-state index contributed by atoms with van der Waals surface area (Å²) in [7, 11) is 0. The van der Waals surface area contributed by atoms with E-state index in [9.17, 15) is 17.6 Å². The minimum atomic E-state index is -4.56. The second kappa shape index (κ2) is 8.92. The molecule has 2 fully saturated rings. The SMILES string of the molecule is CCCC1CCC(C#CC2CCC(/C(F)=C/C(F)(F)F)CC2)CC1. The minimum absolute atomic E-state index is 0.182. The van der Waals surface area contributed by atoms with E-state index >= 15 is 0 Å². The molecule has 24 heavy (non-hydrogen) atoms. The van der Waals surface area contributed by atoms with Crippen molar-refractivity contribution in [2.24, 2.45) is 23.7 Å². The zero-order valence-electron chi connectivity index (χ0n) is 14.5. The molecule has 2 aliphatic carbocycles. The first-order valence-corrected chi connectivity index (χ1v) is 9.33. The van der Waals surface area contributed by atoms with Crippen LogP contribution in [-0.2, 0) is 0 Å². The van der Waals surface area contributed by atoms with Crippen molar-refractivity contribution in [3.05, 3.63) is 11.9 Å². The molecule has 2 saturated carbocycles. The van der Waals surface area contributed by atoms with Gasteiger partial charge in [0.2, 0.25) is 0 Å². The maximum Gasteiger partial charge on any atom is 0.412 e. The van der Waals surface area contributed by atoms with Gasteiger partial charge in [-0.05, 0) is 57.3 Å². The normalized spacial score (nSPS) is 32.1. The molecule has 0 aromatic carbocycles. The van der Waals surface area contributed by atoms with E-state index < -0.39 is 17.9 Å². The summed E-state index contributed by atoms with van der Waals surface area (Å²) in [5.74, 6) is 6.73. The molecule has 0 amide bonds. The van der Waals surface area contributed by atoms with Gasteiger partial charge in [-0.3, -0.25) is 0 Å². The van der Waals surface area contributed by atoms with Crippen LogP contribution in [0, 0.1) is 35.5 Å². The van der Waals surface area contributed by atoms with Gasteiger partial charge in [0.15, 0.2) is 0 Å². The van der Waals surface area contributed by atoms with Gasteiger partial charge in [-0.15, -0.1) is 0 Å². The predicted molar refractivity (Wildman–Crippen MR) is 88.8 cm³/mol. The Morgan fingerprint density at radius 1 is 0.917 bits per heavy atom. The topological polar surface area (TPSA) is 0 Å². The fourth-order valence-electron chi connectivity index (χ4n) is 4.03. The van der Waals surface area contributed by atoms with Crippen molar-refractivity contribution in [1.29, 1.82) is 0 Å². The summed E-state index contributed by atoms with van der Waals surface area (Å²) in [6, 6.07) is 0. The van der Waals surface area contributed by atoms with Gasteiger partial charge in [0.1, 0.15) is 5.83 Å². The summed E-state index contributed by atoms with van der Waals surface area (Å²) in [4.78, 5) is 0. The highest BCUT2D eigenvalue weighted by atomic mass is 19.4. The quantitative estimate of drug-likeness (QED) is 0.389. The molecule has 0 spiro atoms. The van der Waals surface area contributed by atoms with Crippen LogP contribution in [-0.4, -0.2) is 6.18 Å². The highest BCUT2D eigenvalue weighted by Crippen LogP contribution is 2.36. The number of rotatable bonds is 3. The molecule has 0 atom stereocenters. The van der Waals surface area contributed by atoms with Crippen molar-refractivity contribution >= 4 is 0 Å². The zero-order valence-corrected chi connectivity index (χ0v) is 14.5. The lowest BCUT2D eigenvalue weighted by Gasteiger charge is -2.26. The molecule has 0 N–H and O–H groups in total. The van der Waals surface area contributed by atoms with E-state index in [1.165, 1.54) is 38.5 Å². The van der Waals surface area contributed by atoms with E-state index in [2.05, 4.69) is 18.8 Å². The Morgan fingerprint density at radius 2 is 1.42 bits per heavy atom. The van der Waals surface area contributed by atoms with E-state index in [1.807, 2.05) is 0 Å². The number of allylic oxidation sites excluding steroid dienone is 2. The number of hydrogen-bond donors (Lipinski definition) is 0. The first-order valence-electron chi connectivity index (χ1n) is 9.33. The summed E-state index contributed by atoms with van der Waals surface area (Å²) in [6.45, 7) is 2.23. The number of hydrogen-bond acceptors (Lipinski definition) is 0. The second-order valence-electron chi connectivity index (χ2n) is 7.41. The molecular formula is C20H28F4. The Bertz CT molecular complexity index is 464. The summed E-state index contributed by atoms with van der Waals surface area (Å²) >= 11 is 0. The Labute approximate surface area is 143 Å². The number of halogens is 4. The predicted octanol–water partition coefficient (Wildman–Crippen LogP) is 6.82. The van der Waals surface area contributed by atoms with Crippen LogP contribution >= 0.6 is 0 Å². The molecule has 0 aromatic rings. The summed E-state index contributed by atoms with van der Waals surface area (Å²) in [6.07, 6.45) is 5.10. The molecule has 0 nitrogen and oxygen atoms in total. The third kappa shape index (κ3) is 6.49. The molecule has 4 heteroatoms. The monoisotopic (exact) mass is 344 g/mol. The van der Waals surface area contributed by atoms with Crippen molar-refractivity contribution in [2.75, 3.05) is 0 Å². The average molecular weight is 344 g/mol. The fraction of sp³-hybridized carbons (Fsp3) is 0.800. The van der Waals surface area contributed by atoms with Crippen LogP contribution in [0.25, 0.3) is 0 Å². The molecule has 0 aromatic heterocycles. The van der Waals surface area contributed by atoms with E-state index in [-0.39, 0.29) is 12.0 Å². The van der Waals surface area contributed by atoms with E-state index in [0.717, 1.165) is 5.92 Å². The van der Waals surface area contributed by atoms with E-state index in [0.29, 0.717) is 31.6 Å². The van der Waals surface area contributed by atoms with Crippen LogP contribution in [0.5, 0.6) is 0 Å². The van der Waals surface area contributed by atoms with Gasteiger partial charge in [-0.1, -0.05) is 31.6 Å². The molecule has 0 bridgehead atoms. The minimum Gasteiger partial charge on any atom is -0.212 e. The van der Waals surface area contributed by atoms with Crippen LogP contribution < -0.4 is 0 Å². The van der Waals surface area contributed by atoms with E-state index in [1.54, 1.807) is 0 Å². The molecule has 2 rings (SSSR count). The van der Waals surface area contributed by atoms with Crippen molar-refractivity contribution < 1.29 is 17.6 Å². The largest absolute Gasteiger partial charge is 0.412 e. The summed E-state index contributed by atoms with van der Waals surface area (Å²) < 4.78 is 50.2.